The molecular weight excluding hydrogens is 236 g/mol. The number of aliphatic hydroxyl groups excluding tert-OH is 1. The Labute approximate surface area is 116 Å². The molecule has 1 aromatic heterocycles. The molecule has 2 rings (SSSR count). The highest BCUT2D eigenvalue weighted by molar-refractivity contribution is 5.11. The Morgan fingerprint density at radius 2 is 2.05 bits per heavy atom. The number of pyridine rings is 1. The van der Waals surface area contributed by atoms with Gasteiger partial charge in [-0.25, -0.2) is 0 Å². The molecule has 0 radical (unpaired) electrons. The highest BCUT2D eigenvalue weighted by Gasteiger charge is 2.22. The standard InChI is InChI=1S/C16H26N2O/c17-12-14(15-8-4-5-11-18-15)16(19)10-9-13-6-2-1-3-7-13/h4-5,8,11,13-14,16,19H,1-3,6-7,9-10,12,17H2. The van der Waals surface area contributed by atoms with Crippen LogP contribution in [0.25, 0.3) is 0 Å². The van der Waals surface area contributed by atoms with Crippen molar-refractivity contribution in [3.8, 4) is 0 Å². The van der Waals surface area contributed by atoms with Crippen molar-refractivity contribution >= 4 is 0 Å². The topological polar surface area (TPSA) is 59.1 Å². The van der Waals surface area contributed by atoms with Crippen LogP contribution >= 0.6 is 0 Å². The quantitative estimate of drug-likeness (QED) is 0.828. The molecule has 0 saturated heterocycles. The first-order valence-electron chi connectivity index (χ1n) is 7.60. The lowest BCUT2D eigenvalue weighted by atomic mass is 9.83. The van der Waals surface area contributed by atoms with Crippen LogP contribution in [-0.4, -0.2) is 22.7 Å². The number of rotatable bonds is 6. The Balaban J connectivity index is 1.84. The molecule has 0 aromatic carbocycles. The van der Waals surface area contributed by atoms with Crippen LogP contribution in [0.4, 0.5) is 0 Å². The summed E-state index contributed by atoms with van der Waals surface area (Å²) in [7, 11) is 0. The van der Waals surface area contributed by atoms with E-state index in [1.807, 2.05) is 18.2 Å². The fraction of sp³-hybridized carbons (Fsp3) is 0.688. The van der Waals surface area contributed by atoms with E-state index >= 15 is 0 Å². The maximum Gasteiger partial charge on any atom is 0.0636 e. The van der Waals surface area contributed by atoms with Crippen molar-refractivity contribution < 1.29 is 5.11 Å². The van der Waals surface area contributed by atoms with Crippen molar-refractivity contribution in [1.82, 2.24) is 4.98 Å². The molecule has 2 unspecified atom stereocenters. The number of nitrogens with zero attached hydrogens (tertiary/aromatic N) is 1. The Morgan fingerprint density at radius 1 is 1.26 bits per heavy atom. The highest BCUT2D eigenvalue weighted by atomic mass is 16.3. The summed E-state index contributed by atoms with van der Waals surface area (Å²) in [6.45, 7) is 0.461. The van der Waals surface area contributed by atoms with Gasteiger partial charge in [0.1, 0.15) is 0 Å². The van der Waals surface area contributed by atoms with E-state index in [0.717, 1.165) is 24.5 Å². The molecule has 1 fully saturated rings. The summed E-state index contributed by atoms with van der Waals surface area (Å²) in [5.41, 5.74) is 6.73. The lowest BCUT2D eigenvalue weighted by Gasteiger charge is -2.25. The molecule has 1 saturated carbocycles. The average molecular weight is 262 g/mol. The summed E-state index contributed by atoms with van der Waals surface area (Å²) >= 11 is 0. The molecule has 0 amide bonds. The molecule has 1 aliphatic carbocycles. The van der Waals surface area contributed by atoms with E-state index in [4.69, 9.17) is 5.73 Å². The van der Waals surface area contributed by atoms with E-state index in [0.29, 0.717) is 6.54 Å². The van der Waals surface area contributed by atoms with Gasteiger partial charge < -0.3 is 10.8 Å². The first-order valence-corrected chi connectivity index (χ1v) is 7.60. The molecule has 3 nitrogen and oxygen atoms in total. The van der Waals surface area contributed by atoms with Crippen molar-refractivity contribution in [3.05, 3.63) is 30.1 Å². The minimum absolute atomic E-state index is 0.0233. The average Bonchev–Trinajstić information content (AvgIpc) is 2.48. The highest BCUT2D eigenvalue weighted by Crippen LogP contribution is 2.29. The van der Waals surface area contributed by atoms with E-state index in [-0.39, 0.29) is 12.0 Å². The molecule has 106 valence electrons. The van der Waals surface area contributed by atoms with Crippen molar-refractivity contribution in [2.45, 2.75) is 57.0 Å². The van der Waals surface area contributed by atoms with Gasteiger partial charge in [-0.15, -0.1) is 0 Å². The lowest BCUT2D eigenvalue weighted by Crippen LogP contribution is -2.27. The maximum absolute atomic E-state index is 10.4. The Kier molecular flexibility index (Phi) is 5.80. The number of hydrogen-bond donors (Lipinski definition) is 2. The molecule has 1 aliphatic rings. The van der Waals surface area contributed by atoms with Crippen LogP contribution < -0.4 is 5.73 Å². The number of aromatic nitrogens is 1. The maximum atomic E-state index is 10.4. The molecule has 1 heterocycles. The number of aliphatic hydroxyl groups is 1. The predicted molar refractivity (Wildman–Crippen MR) is 77.8 cm³/mol. The van der Waals surface area contributed by atoms with Gasteiger partial charge in [-0.1, -0.05) is 38.2 Å². The summed E-state index contributed by atoms with van der Waals surface area (Å²) in [6, 6.07) is 5.81. The van der Waals surface area contributed by atoms with Crippen LogP contribution in [0.15, 0.2) is 24.4 Å². The van der Waals surface area contributed by atoms with Crippen LogP contribution in [0.3, 0.4) is 0 Å². The monoisotopic (exact) mass is 262 g/mol. The molecule has 0 spiro atoms. The van der Waals surface area contributed by atoms with Crippen LogP contribution in [0.2, 0.25) is 0 Å². The normalized spacial score (nSPS) is 20.1. The SMILES string of the molecule is NCC(c1ccccn1)C(O)CCC1CCCCC1. The Bertz CT molecular complexity index is 349. The van der Waals surface area contributed by atoms with Crippen LogP contribution in [0, 0.1) is 5.92 Å². The third-order valence-corrected chi connectivity index (χ3v) is 4.38. The zero-order valence-corrected chi connectivity index (χ0v) is 11.7. The number of nitrogens with two attached hydrogens (primary N) is 1. The first-order chi connectivity index (χ1) is 9.31. The van der Waals surface area contributed by atoms with Crippen molar-refractivity contribution in [1.29, 1.82) is 0 Å². The lowest BCUT2D eigenvalue weighted by molar-refractivity contribution is 0.121. The van der Waals surface area contributed by atoms with Gasteiger partial charge in [0.2, 0.25) is 0 Å². The summed E-state index contributed by atoms with van der Waals surface area (Å²) < 4.78 is 0. The zero-order valence-electron chi connectivity index (χ0n) is 11.7. The summed E-state index contributed by atoms with van der Waals surface area (Å²) in [5, 5.41) is 10.4. The molecule has 3 heteroatoms. The largest absolute Gasteiger partial charge is 0.392 e. The van der Waals surface area contributed by atoms with Gasteiger partial charge in [0.05, 0.1) is 6.10 Å². The van der Waals surface area contributed by atoms with Crippen LogP contribution in [-0.2, 0) is 0 Å². The first kappa shape index (κ1) is 14.5. The minimum Gasteiger partial charge on any atom is -0.392 e. The van der Waals surface area contributed by atoms with Gasteiger partial charge in [0.15, 0.2) is 0 Å². The van der Waals surface area contributed by atoms with E-state index in [9.17, 15) is 5.11 Å². The van der Waals surface area contributed by atoms with Crippen LogP contribution in [0.5, 0.6) is 0 Å². The third-order valence-electron chi connectivity index (χ3n) is 4.38. The fourth-order valence-electron chi connectivity index (χ4n) is 3.15. The number of hydrogen-bond acceptors (Lipinski definition) is 3. The van der Waals surface area contributed by atoms with Gasteiger partial charge in [0, 0.05) is 24.4 Å². The second-order valence-corrected chi connectivity index (χ2v) is 5.75. The van der Waals surface area contributed by atoms with Crippen molar-refractivity contribution in [3.63, 3.8) is 0 Å². The second kappa shape index (κ2) is 7.61. The van der Waals surface area contributed by atoms with E-state index < -0.39 is 0 Å². The van der Waals surface area contributed by atoms with Gasteiger partial charge in [0.25, 0.3) is 0 Å². The molecule has 19 heavy (non-hydrogen) atoms. The van der Waals surface area contributed by atoms with E-state index in [1.54, 1.807) is 6.20 Å². The third kappa shape index (κ3) is 4.29. The van der Waals surface area contributed by atoms with Gasteiger partial charge in [-0.3, -0.25) is 4.98 Å². The smallest absolute Gasteiger partial charge is 0.0636 e. The van der Waals surface area contributed by atoms with Gasteiger partial charge in [-0.05, 0) is 30.9 Å². The van der Waals surface area contributed by atoms with E-state index in [2.05, 4.69) is 4.98 Å². The molecule has 0 bridgehead atoms. The Hall–Kier alpha value is -0.930. The zero-order chi connectivity index (χ0) is 13.5. The minimum atomic E-state index is -0.359. The van der Waals surface area contributed by atoms with Crippen molar-refractivity contribution in [2.75, 3.05) is 6.54 Å². The van der Waals surface area contributed by atoms with Gasteiger partial charge >= 0.3 is 0 Å². The molecule has 3 N–H and O–H groups in total. The molecule has 2 atom stereocenters. The molecule has 1 aromatic rings. The summed E-state index contributed by atoms with van der Waals surface area (Å²) in [4.78, 5) is 4.33. The summed E-state index contributed by atoms with van der Waals surface area (Å²) in [5.74, 6) is 0.787. The Morgan fingerprint density at radius 3 is 2.68 bits per heavy atom. The van der Waals surface area contributed by atoms with Crippen molar-refractivity contribution in [2.24, 2.45) is 11.7 Å². The van der Waals surface area contributed by atoms with Crippen LogP contribution in [0.1, 0.15) is 56.6 Å². The predicted octanol–water partition coefficient (Wildman–Crippen LogP) is 2.85. The van der Waals surface area contributed by atoms with Gasteiger partial charge in [-0.2, -0.15) is 0 Å². The summed E-state index contributed by atoms with van der Waals surface area (Å²) in [6.07, 6.45) is 10.2. The van der Waals surface area contributed by atoms with E-state index in [1.165, 1.54) is 32.1 Å². The molecular formula is C16H26N2O. The second-order valence-electron chi connectivity index (χ2n) is 5.75. The molecule has 0 aliphatic heterocycles. The fourth-order valence-corrected chi connectivity index (χ4v) is 3.15.